The Balaban J connectivity index is 1.70. The Morgan fingerprint density at radius 2 is 2.14 bits per heavy atom. The molecule has 0 bridgehead atoms. The molecule has 0 amide bonds. The van der Waals surface area contributed by atoms with Crippen molar-refractivity contribution in [1.82, 2.24) is 9.55 Å². The van der Waals surface area contributed by atoms with Gasteiger partial charge in [0, 0.05) is 4.88 Å². The number of aliphatic hydroxyl groups is 1. The lowest BCUT2D eigenvalue weighted by Crippen LogP contribution is -2.30. The normalized spacial score (nSPS) is 12.5. The zero-order valence-corrected chi connectivity index (χ0v) is 12.9. The number of benzene rings is 1. The number of ether oxygens (including phenoxy) is 1. The van der Waals surface area contributed by atoms with Crippen molar-refractivity contribution in [3.63, 3.8) is 0 Å². The summed E-state index contributed by atoms with van der Waals surface area (Å²) in [7, 11) is 0. The Morgan fingerprint density at radius 3 is 2.91 bits per heavy atom. The molecule has 2 aromatic heterocycles. The second-order valence-electron chi connectivity index (χ2n) is 5.06. The number of rotatable bonds is 5. The molecule has 22 heavy (non-hydrogen) atoms. The maximum atomic E-state index is 12.3. The largest absolute Gasteiger partial charge is 0.491 e. The van der Waals surface area contributed by atoms with Crippen molar-refractivity contribution in [2.45, 2.75) is 19.6 Å². The molecule has 5 nitrogen and oxygen atoms in total. The highest BCUT2D eigenvalue weighted by Crippen LogP contribution is 2.19. The lowest BCUT2D eigenvalue weighted by atomic mass is 10.3. The van der Waals surface area contributed by atoms with Crippen LogP contribution in [0.4, 0.5) is 0 Å². The number of thiophene rings is 1. The zero-order chi connectivity index (χ0) is 15.5. The molecule has 6 heteroatoms. The van der Waals surface area contributed by atoms with E-state index in [4.69, 9.17) is 4.74 Å². The minimum absolute atomic E-state index is 0.122. The van der Waals surface area contributed by atoms with Crippen LogP contribution in [-0.2, 0) is 6.54 Å². The summed E-state index contributed by atoms with van der Waals surface area (Å²) < 4.78 is 6.91. The first kappa shape index (κ1) is 14.7. The lowest BCUT2D eigenvalue weighted by Gasteiger charge is -2.13. The molecule has 0 aliphatic carbocycles. The van der Waals surface area contributed by atoms with Crippen LogP contribution in [0.1, 0.15) is 4.88 Å². The number of para-hydroxylation sites is 1. The predicted octanol–water partition coefficient (Wildman–Crippen LogP) is 2.21. The van der Waals surface area contributed by atoms with Crippen molar-refractivity contribution in [3.8, 4) is 5.75 Å². The van der Waals surface area contributed by atoms with Crippen molar-refractivity contribution in [2.75, 3.05) is 6.61 Å². The van der Waals surface area contributed by atoms with E-state index in [1.54, 1.807) is 0 Å². The Morgan fingerprint density at radius 1 is 1.36 bits per heavy atom. The highest BCUT2D eigenvalue weighted by atomic mass is 32.1. The van der Waals surface area contributed by atoms with Crippen molar-refractivity contribution in [1.29, 1.82) is 0 Å². The number of hydrogen-bond acceptors (Lipinski definition) is 5. The number of hydrogen-bond donors (Lipinski definition) is 1. The van der Waals surface area contributed by atoms with Gasteiger partial charge in [-0.3, -0.25) is 9.36 Å². The van der Waals surface area contributed by atoms with Gasteiger partial charge in [0.05, 0.1) is 18.3 Å². The first-order valence-electron chi connectivity index (χ1n) is 6.95. The molecule has 3 aromatic rings. The number of fused-ring (bicyclic) bond motifs is 1. The van der Waals surface area contributed by atoms with E-state index >= 15 is 0 Å². The van der Waals surface area contributed by atoms with E-state index in [-0.39, 0.29) is 18.7 Å². The molecule has 114 valence electrons. The fraction of sp³-hybridized carbons (Fsp3) is 0.250. The van der Waals surface area contributed by atoms with E-state index in [0.29, 0.717) is 11.1 Å². The van der Waals surface area contributed by atoms with Crippen LogP contribution >= 0.6 is 11.3 Å². The SMILES string of the molecule is Cc1cc2c(=O)n(CC(O)COc3ccccc3)cnc2s1. The second kappa shape index (κ2) is 6.29. The molecule has 1 atom stereocenters. The topological polar surface area (TPSA) is 64.4 Å². The Kier molecular flexibility index (Phi) is 4.22. The van der Waals surface area contributed by atoms with Crippen LogP contribution in [0.3, 0.4) is 0 Å². The number of nitrogens with zero attached hydrogens (tertiary/aromatic N) is 2. The van der Waals surface area contributed by atoms with Crippen LogP contribution < -0.4 is 10.3 Å². The zero-order valence-electron chi connectivity index (χ0n) is 12.1. The van der Waals surface area contributed by atoms with Crippen molar-refractivity contribution in [2.24, 2.45) is 0 Å². The van der Waals surface area contributed by atoms with Gasteiger partial charge < -0.3 is 9.84 Å². The molecule has 1 N–H and O–H groups in total. The summed E-state index contributed by atoms with van der Waals surface area (Å²) in [6.45, 7) is 2.22. The highest BCUT2D eigenvalue weighted by Gasteiger charge is 2.11. The average molecular weight is 316 g/mol. The highest BCUT2D eigenvalue weighted by molar-refractivity contribution is 7.18. The maximum absolute atomic E-state index is 12.3. The number of aryl methyl sites for hydroxylation is 1. The van der Waals surface area contributed by atoms with E-state index < -0.39 is 6.10 Å². The van der Waals surface area contributed by atoms with Gasteiger partial charge in [0.1, 0.15) is 23.3 Å². The molecule has 1 unspecified atom stereocenters. The minimum Gasteiger partial charge on any atom is -0.491 e. The van der Waals surface area contributed by atoms with Gasteiger partial charge in [-0.05, 0) is 25.1 Å². The molecular formula is C16H16N2O3S. The third-order valence-electron chi connectivity index (χ3n) is 3.23. The van der Waals surface area contributed by atoms with E-state index in [2.05, 4.69) is 4.98 Å². The van der Waals surface area contributed by atoms with Gasteiger partial charge in [0.25, 0.3) is 5.56 Å². The predicted molar refractivity (Wildman–Crippen MR) is 86.6 cm³/mol. The molecule has 3 rings (SSSR count). The number of aliphatic hydroxyl groups excluding tert-OH is 1. The van der Waals surface area contributed by atoms with E-state index in [0.717, 1.165) is 9.71 Å². The summed E-state index contributed by atoms with van der Waals surface area (Å²) >= 11 is 1.49. The smallest absolute Gasteiger partial charge is 0.262 e. The van der Waals surface area contributed by atoms with Gasteiger partial charge in [-0.25, -0.2) is 4.98 Å². The Labute approximate surface area is 131 Å². The molecule has 1 aromatic carbocycles. The van der Waals surface area contributed by atoms with Crippen LogP contribution in [0, 0.1) is 6.92 Å². The van der Waals surface area contributed by atoms with Gasteiger partial charge in [-0.2, -0.15) is 0 Å². The maximum Gasteiger partial charge on any atom is 0.262 e. The quantitative estimate of drug-likeness (QED) is 0.784. The fourth-order valence-electron chi connectivity index (χ4n) is 2.20. The molecule has 0 fully saturated rings. The van der Waals surface area contributed by atoms with Gasteiger partial charge >= 0.3 is 0 Å². The van der Waals surface area contributed by atoms with E-state index in [1.807, 2.05) is 43.3 Å². The molecule has 0 aliphatic rings. The van der Waals surface area contributed by atoms with Crippen molar-refractivity contribution < 1.29 is 9.84 Å². The average Bonchev–Trinajstić information content (AvgIpc) is 2.91. The molecule has 0 saturated carbocycles. The third kappa shape index (κ3) is 3.18. The van der Waals surface area contributed by atoms with Crippen molar-refractivity contribution in [3.05, 3.63) is 58.0 Å². The molecule has 2 heterocycles. The first-order chi connectivity index (χ1) is 10.6. The van der Waals surface area contributed by atoms with Gasteiger partial charge in [0.2, 0.25) is 0 Å². The molecule has 0 aliphatic heterocycles. The minimum atomic E-state index is -0.781. The summed E-state index contributed by atoms with van der Waals surface area (Å²) in [5.74, 6) is 0.691. The molecule has 0 radical (unpaired) electrons. The van der Waals surface area contributed by atoms with Gasteiger partial charge in [-0.1, -0.05) is 18.2 Å². The van der Waals surface area contributed by atoms with E-state index in [1.165, 1.54) is 22.2 Å². The van der Waals surface area contributed by atoms with Crippen LogP contribution in [-0.4, -0.2) is 27.4 Å². The summed E-state index contributed by atoms with van der Waals surface area (Å²) in [4.78, 5) is 18.4. The Bertz CT molecular complexity index is 826. The molecular weight excluding hydrogens is 300 g/mol. The standard InChI is InChI=1S/C16H16N2O3S/c1-11-7-14-15(22-11)17-10-18(16(14)20)8-12(19)9-21-13-5-3-2-4-6-13/h2-7,10,12,19H,8-9H2,1H3. The van der Waals surface area contributed by atoms with E-state index in [9.17, 15) is 9.90 Å². The third-order valence-corrected chi connectivity index (χ3v) is 4.19. The molecule has 0 saturated heterocycles. The summed E-state index contributed by atoms with van der Waals surface area (Å²) in [6, 6.07) is 11.1. The number of aromatic nitrogens is 2. The lowest BCUT2D eigenvalue weighted by molar-refractivity contribution is 0.0915. The summed E-state index contributed by atoms with van der Waals surface area (Å²) in [5.41, 5.74) is -0.131. The summed E-state index contributed by atoms with van der Waals surface area (Å²) in [5, 5.41) is 10.7. The summed E-state index contributed by atoms with van der Waals surface area (Å²) in [6.07, 6.45) is 0.698. The fourth-order valence-corrected chi connectivity index (χ4v) is 3.04. The second-order valence-corrected chi connectivity index (χ2v) is 6.29. The van der Waals surface area contributed by atoms with Crippen LogP contribution in [0.2, 0.25) is 0 Å². The van der Waals surface area contributed by atoms with Gasteiger partial charge in [0.15, 0.2) is 0 Å². The first-order valence-corrected chi connectivity index (χ1v) is 7.76. The Hall–Kier alpha value is -2.18. The van der Waals surface area contributed by atoms with Crippen LogP contribution in [0.25, 0.3) is 10.2 Å². The molecule has 0 spiro atoms. The van der Waals surface area contributed by atoms with Crippen LogP contribution in [0.15, 0.2) is 47.5 Å². The monoisotopic (exact) mass is 316 g/mol. The van der Waals surface area contributed by atoms with Crippen molar-refractivity contribution >= 4 is 21.6 Å². The van der Waals surface area contributed by atoms with Crippen LogP contribution in [0.5, 0.6) is 5.75 Å². The van der Waals surface area contributed by atoms with Gasteiger partial charge in [-0.15, -0.1) is 11.3 Å².